The number of rotatable bonds is 7. The largest absolute Gasteiger partial charge is 0.493 e. The molecule has 31 heavy (non-hydrogen) atoms. The van der Waals surface area contributed by atoms with Crippen molar-refractivity contribution in [3.63, 3.8) is 0 Å². The minimum Gasteiger partial charge on any atom is -0.493 e. The van der Waals surface area contributed by atoms with Gasteiger partial charge in [-0.2, -0.15) is 0 Å². The molecule has 3 atom stereocenters. The zero-order chi connectivity index (χ0) is 21.6. The summed E-state index contributed by atoms with van der Waals surface area (Å²) >= 11 is 0. The Hall–Kier alpha value is -3.02. The fourth-order valence-corrected chi connectivity index (χ4v) is 4.11. The number of hydrogen-bond donors (Lipinski definition) is 2. The summed E-state index contributed by atoms with van der Waals surface area (Å²) < 4.78 is 17.1. The second kappa shape index (κ2) is 9.86. The molecule has 3 unspecified atom stereocenters. The maximum atomic E-state index is 11.1. The molecule has 1 aliphatic heterocycles. The summed E-state index contributed by atoms with van der Waals surface area (Å²) in [4.78, 5) is 0. The van der Waals surface area contributed by atoms with E-state index in [-0.39, 0.29) is 12.1 Å². The van der Waals surface area contributed by atoms with Crippen molar-refractivity contribution in [2.45, 2.75) is 31.1 Å². The van der Waals surface area contributed by atoms with Crippen molar-refractivity contribution in [3.05, 3.63) is 89.5 Å². The normalized spacial score (nSPS) is 20.3. The van der Waals surface area contributed by atoms with Crippen LogP contribution in [0.15, 0.2) is 72.8 Å². The van der Waals surface area contributed by atoms with Gasteiger partial charge in [-0.3, -0.25) is 0 Å². The molecule has 2 N–H and O–H groups in total. The number of aliphatic hydroxyl groups is 1. The van der Waals surface area contributed by atoms with Crippen molar-refractivity contribution in [3.8, 4) is 17.2 Å². The number of nitrogens with one attached hydrogen (secondary N) is 1. The van der Waals surface area contributed by atoms with Crippen LogP contribution in [0, 0.1) is 0 Å². The summed E-state index contributed by atoms with van der Waals surface area (Å²) in [5.41, 5.74) is 3.08. The van der Waals surface area contributed by atoms with E-state index < -0.39 is 6.10 Å². The van der Waals surface area contributed by atoms with E-state index in [1.807, 2.05) is 60.7 Å². The van der Waals surface area contributed by atoms with Gasteiger partial charge in [0.1, 0.15) is 11.9 Å². The van der Waals surface area contributed by atoms with E-state index in [0.717, 1.165) is 46.9 Å². The van der Waals surface area contributed by atoms with Crippen LogP contribution in [-0.2, 0) is 6.42 Å². The third kappa shape index (κ3) is 4.84. The molecule has 0 radical (unpaired) electrons. The summed E-state index contributed by atoms with van der Waals surface area (Å²) in [6.45, 7) is 0.723. The van der Waals surface area contributed by atoms with Gasteiger partial charge in [0.15, 0.2) is 11.5 Å². The highest BCUT2D eigenvalue weighted by Crippen LogP contribution is 2.38. The Morgan fingerprint density at radius 3 is 2.45 bits per heavy atom. The molecule has 0 aliphatic carbocycles. The summed E-state index contributed by atoms with van der Waals surface area (Å²) in [7, 11) is 3.28. The third-order valence-electron chi connectivity index (χ3n) is 5.80. The van der Waals surface area contributed by atoms with Crippen LogP contribution in [-0.4, -0.2) is 31.9 Å². The average Bonchev–Trinajstić information content (AvgIpc) is 2.96. The molecule has 3 aromatic rings. The first kappa shape index (κ1) is 21.2. The number of methoxy groups -OCH3 is 2. The van der Waals surface area contributed by atoms with E-state index in [0.29, 0.717) is 6.42 Å². The first-order chi connectivity index (χ1) is 15.2. The molecule has 1 aliphatic rings. The van der Waals surface area contributed by atoms with Crippen LogP contribution < -0.4 is 19.5 Å². The van der Waals surface area contributed by atoms with E-state index in [2.05, 4.69) is 17.4 Å². The van der Waals surface area contributed by atoms with Gasteiger partial charge in [0.25, 0.3) is 0 Å². The van der Waals surface area contributed by atoms with Crippen LogP contribution in [0.5, 0.6) is 17.2 Å². The Morgan fingerprint density at radius 1 is 0.935 bits per heavy atom. The molecule has 3 aromatic carbocycles. The minimum absolute atomic E-state index is 0.127. The summed E-state index contributed by atoms with van der Waals surface area (Å²) in [6.07, 6.45) is 0.710. The van der Waals surface area contributed by atoms with Gasteiger partial charge in [-0.15, -0.1) is 0 Å². The molecule has 0 spiro atoms. The first-order valence-corrected chi connectivity index (χ1v) is 10.6. The maximum Gasteiger partial charge on any atom is 0.160 e. The maximum absolute atomic E-state index is 11.1. The Labute approximate surface area is 183 Å². The van der Waals surface area contributed by atoms with Gasteiger partial charge in [0, 0.05) is 18.0 Å². The number of hydrogen-bond acceptors (Lipinski definition) is 5. The van der Waals surface area contributed by atoms with Crippen molar-refractivity contribution in [1.29, 1.82) is 0 Å². The van der Waals surface area contributed by atoms with Crippen LogP contribution in [0.3, 0.4) is 0 Å². The zero-order valence-corrected chi connectivity index (χ0v) is 18.0. The molecule has 5 heteroatoms. The molecule has 0 saturated heterocycles. The van der Waals surface area contributed by atoms with Gasteiger partial charge in [-0.1, -0.05) is 54.6 Å². The second-order valence-electron chi connectivity index (χ2n) is 7.74. The Kier molecular flexibility index (Phi) is 6.75. The second-order valence-corrected chi connectivity index (χ2v) is 7.74. The predicted molar refractivity (Wildman–Crippen MR) is 121 cm³/mol. The Bertz CT molecular complexity index is 992. The van der Waals surface area contributed by atoms with Crippen LogP contribution in [0.25, 0.3) is 0 Å². The van der Waals surface area contributed by atoms with Crippen molar-refractivity contribution >= 4 is 0 Å². The lowest BCUT2D eigenvalue weighted by atomic mass is 9.95. The van der Waals surface area contributed by atoms with Crippen LogP contribution in [0.2, 0.25) is 0 Å². The predicted octanol–water partition coefficient (Wildman–Crippen LogP) is 4.46. The van der Waals surface area contributed by atoms with E-state index >= 15 is 0 Å². The molecular formula is C26H29NO4. The summed E-state index contributed by atoms with van der Waals surface area (Å²) in [5, 5.41) is 14.7. The van der Waals surface area contributed by atoms with Crippen molar-refractivity contribution in [2.24, 2.45) is 0 Å². The quantitative estimate of drug-likeness (QED) is 0.592. The number of aliphatic hydroxyl groups excluding tert-OH is 1. The molecule has 1 heterocycles. The molecule has 4 rings (SSSR count). The fraction of sp³-hybridized carbons (Fsp3) is 0.308. The molecule has 0 aromatic heterocycles. The number of para-hydroxylation sites is 1. The van der Waals surface area contributed by atoms with E-state index in [4.69, 9.17) is 14.2 Å². The van der Waals surface area contributed by atoms with Gasteiger partial charge in [-0.05, 0) is 42.3 Å². The van der Waals surface area contributed by atoms with Crippen molar-refractivity contribution < 1.29 is 19.3 Å². The monoisotopic (exact) mass is 419 g/mol. The first-order valence-electron chi connectivity index (χ1n) is 10.6. The fourth-order valence-electron chi connectivity index (χ4n) is 4.11. The van der Waals surface area contributed by atoms with E-state index in [9.17, 15) is 5.11 Å². The standard InChI is InChI=1S/C26H29NO4/c1-29-23-13-12-18(16-25(23)30-2)14-15-27-21-17-24(19-8-4-3-5-9-19)31-22-11-7-6-10-20(22)26(21)28/h3-13,16,21,24,26-28H,14-15,17H2,1-2H3. The van der Waals surface area contributed by atoms with Gasteiger partial charge < -0.3 is 24.6 Å². The molecule has 162 valence electrons. The summed E-state index contributed by atoms with van der Waals surface area (Å²) in [6, 6.07) is 23.8. The van der Waals surface area contributed by atoms with Gasteiger partial charge in [-0.25, -0.2) is 0 Å². The molecule has 0 fully saturated rings. The highest BCUT2D eigenvalue weighted by Gasteiger charge is 2.32. The van der Waals surface area contributed by atoms with Crippen molar-refractivity contribution in [2.75, 3.05) is 20.8 Å². The topological polar surface area (TPSA) is 60.0 Å². The number of benzene rings is 3. The average molecular weight is 420 g/mol. The van der Waals surface area contributed by atoms with E-state index in [1.165, 1.54) is 0 Å². The van der Waals surface area contributed by atoms with Crippen LogP contribution in [0.4, 0.5) is 0 Å². The number of ether oxygens (including phenoxy) is 3. The highest BCUT2D eigenvalue weighted by atomic mass is 16.5. The Balaban J connectivity index is 1.50. The molecule has 0 bridgehead atoms. The molecule has 5 nitrogen and oxygen atoms in total. The van der Waals surface area contributed by atoms with Gasteiger partial charge in [0.05, 0.1) is 20.3 Å². The van der Waals surface area contributed by atoms with Gasteiger partial charge >= 0.3 is 0 Å². The molecule has 0 saturated carbocycles. The lowest BCUT2D eigenvalue weighted by Gasteiger charge is -2.24. The zero-order valence-electron chi connectivity index (χ0n) is 18.0. The van der Waals surface area contributed by atoms with Gasteiger partial charge in [0.2, 0.25) is 0 Å². The third-order valence-corrected chi connectivity index (χ3v) is 5.80. The molecule has 0 amide bonds. The SMILES string of the molecule is COc1ccc(CCNC2CC(c3ccccc3)Oc3ccccc3C2O)cc1OC. The minimum atomic E-state index is -0.643. The smallest absolute Gasteiger partial charge is 0.160 e. The lowest BCUT2D eigenvalue weighted by Crippen LogP contribution is -2.37. The van der Waals surface area contributed by atoms with Crippen molar-refractivity contribution in [1.82, 2.24) is 5.32 Å². The Morgan fingerprint density at radius 2 is 1.68 bits per heavy atom. The van der Waals surface area contributed by atoms with Crippen LogP contribution >= 0.6 is 0 Å². The van der Waals surface area contributed by atoms with Crippen LogP contribution in [0.1, 0.15) is 35.3 Å². The summed E-state index contributed by atoms with van der Waals surface area (Å²) in [5.74, 6) is 2.19. The number of fused-ring (bicyclic) bond motifs is 1. The molecular weight excluding hydrogens is 390 g/mol. The van der Waals surface area contributed by atoms with E-state index in [1.54, 1.807) is 14.2 Å². The highest BCUT2D eigenvalue weighted by molar-refractivity contribution is 5.43. The lowest BCUT2D eigenvalue weighted by molar-refractivity contribution is 0.112.